The maximum atomic E-state index is 2.22. The molecule has 8 heavy (non-hydrogen) atoms. The monoisotopic (exact) mass is 131 g/mol. The van der Waals surface area contributed by atoms with Crippen LogP contribution in [0.2, 0.25) is 0 Å². The quantitative estimate of drug-likeness (QED) is 0.565. The van der Waals surface area contributed by atoms with Crippen molar-refractivity contribution in [1.29, 1.82) is 0 Å². The molecule has 0 aliphatic rings. The van der Waals surface area contributed by atoms with Gasteiger partial charge in [0.2, 0.25) is 0 Å². The van der Waals surface area contributed by atoms with E-state index in [1.807, 2.05) is 11.8 Å². The van der Waals surface area contributed by atoms with Crippen LogP contribution in [0.4, 0.5) is 0 Å². The smallest absolute Gasteiger partial charge is 0.0301 e. The molecule has 0 aromatic heterocycles. The molecule has 0 nitrogen and oxygen atoms in total. The highest BCUT2D eigenvalue weighted by molar-refractivity contribution is 8.02. The standard InChI is InChI=1S/C7H15S/c1-4-7(5-2)8-6-3/h4-6H2,1-3H3. The Balaban J connectivity index is 3.07. The van der Waals surface area contributed by atoms with E-state index in [9.17, 15) is 0 Å². The van der Waals surface area contributed by atoms with Crippen molar-refractivity contribution in [3.63, 3.8) is 0 Å². The summed E-state index contributed by atoms with van der Waals surface area (Å²) >= 11 is 1.99. The van der Waals surface area contributed by atoms with E-state index in [0.29, 0.717) is 0 Å². The first-order chi connectivity index (χ1) is 3.85. The van der Waals surface area contributed by atoms with Crippen molar-refractivity contribution in [2.45, 2.75) is 33.6 Å². The van der Waals surface area contributed by atoms with Gasteiger partial charge >= 0.3 is 0 Å². The van der Waals surface area contributed by atoms with E-state index >= 15 is 0 Å². The SMILES string of the molecule is CCS[C](CC)CC. The fourth-order valence-corrected chi connectivity index (χ4v) is 1.47. The van der Waals surface area contributed by atoms with Crippen LogP contribution in [-0.2, 0) is 0 Å². The molecule has 0 spiro atoms. The van der Waals surface area contributed by atoms with E-state index in [4.69, 9.17) is 0 Å². The minimum atomic E-state index is 1.23. The second-order valence-electron chi connectivity index (χ2n) is 1.68. The first-order valence-electron chi connectivity index (χ1n) is 3.32. The van der Waals surface area contributed by atoms with Crippen LogP contribution in [0.25, 0.3) is 0 Å². The summed E-state index contributed by atoms with van der Waals surface area (Å²) in [6.45, 7) is 6.65. The highest BCUT2D eigenvalue weighted by atomic mass is 32.2. The zero-order valence-corrected chi connectivity index (χ0v) is 6.85. The van der Waals surface area contributed by atoms with Crippen molar-refractivity contribution in [2.24, 2.45) is 0 Å². The van der Waals surface area contributed by atoms with E-state index in [-0.39, 0.29) is 0 Å². The van der Waals surface area contributed by atoms with Gasteiger partial charge in [0, 0.05) is 5.25 Å². The van der Waals surface area contributed by atoms with Crippen molar-refractivity contribution in [3.05, 3.63) is 5.25 Å². The van der Waals surface area contributed by atoms with Gasteiger partial charge in [-0.2, -0.15) is 11.8 Å². The fourth-order valence-electron chi connectivity index (χ4n) is 0.658. The molecule has 0 unspecified atom stereocenters. The fraction of sp³-hybridized carbons (Fsp3) is 0.857. The maximum Gasteiger partial charge on any atom is 0.0301 e. The van der Waals surface area contributed by atoms with Crippen LogP contribution in [-0.4, -0.2) is 5.75 Å². The zero-order chi connectivity index (χ0) is 6.41. The molecule has 0 rings (SSSR count). The first kappa shape index (κ1) is 8.35. The molecule has 0 bridgehead atoms. The van der Waals surface area contributed by atoms with Crippen LogP contribution in [0.3, 0.4) is 0 Å². The molecule has 0 aliphatic heterocycles. The number of hydrogen-bond acceptors (Lipinski definition) is 1. The molecule has 1 heteroatoms. The summed E-state index contributed by atoms with van der Waals surface area (Å²) in [5.74, 6) is 1.23. The van der Waals surface area contributed by atoms with Crippen molar-refractivity contribution in [2.75, 3.05) is 5.75 Å². The second kappa shape index (κ2) is 5.49. The van der Waals surface area contributed by atoms with E-state index < -0.39 is 0 Å². The largest absolute Gasteiger partial charge is 0.154 e. The Bertz CT molecular complexity index is 39.7. The van der Waals surface area contributed by atoms with Gasteiger partial charge in [0.25, 0.3) is 0 Å². The van der Waals surface area contributed by atoms with Gasteiger partial charge < -0.3 is 0 Å². The summed E-state index contributed by atoms with van der Waals surface area (Å²) in [5.41, 5.74) is 0. The summed E-state index contributed by atoms with van der Waals surface area (Å²) in [6, 6.07) is 0. The highest BCUT2D eigenvalue weighted by Crippen LogP contribution is 2.24. The maximum absolute atomic E-state index is 2.22. The van der Waals surface area contributed by atoms with Crippen molar-refractivity contribution >= 4 is 11.8 Å². The van der Waals surface area contributed by atoms with E-state index in [1.165, 1.54) is 18.6 Å². The van der Waals surface area contributed by atoms with Gasteiger partial charge in [-0.25, -0.2) is 0 Å². The molecule has 49 valence electrons. The second-order valence-corrected chi connectivity index (χ2v) is 3.12. The molecular formula is C7H15S. The van der Waals surface area contributed by atoms with Crippen molar-refractivity contribution < 1.29 is 0 Å². The van der Waals surface area contributed by atoms with Crippen molar-refractivity contribution in [1.82, 2.24) is 0 Å². The van der Waals surface area contributed by atoms with E-state index in [2.05, 4.69) is 20.8 Å². The third-order valence-corrected chi connectivity index (χ3v) is 2.41. The van der Waals surface area contributed by atoms with E-state index in [1.54, 1.807) is 5.25 Å². The molecule has 0 N–H and O–H groups in total. The Kier molecular flexibility index (Phi) is 5.73. The lowest BCUT2D eigenvalue weighted by Crippen LogP contribution is -1.86. The molecule has 1 radical (unpaired) electrons. The molecule has 0 aromatic rings. The Labute approximate surface area is 57.1 Å². The highest BCUT2D eigenvalue weighted by Gasteiger charge is 2.00. The predicted molar refractivity (Wildman–Crippen MR) is 42.0 cm³/mol. The molecule has 0 aromatic carbocycles. The lowest BCUT2D eigenvalue weighted by molar-refractivity contribution is 0.932. The third kappa shape index (κ3) is 3.36. The number of hydrogen-bond donors (Lipinski definition) is 0. The van der Waals surface area contributed by atoms with Gasteiger partial charge in [0.1, 0.15) is 0 Å². The average molecular weight is 131 g/mol. The van der Waals surface area contributed by atoms with Crippen LogP contribution in [0.15, 0.2) is 0 Å². The molecule has 0 fully saturated rings. The predicted octanol–water partition coefficient (Wildman–Crippen LogP) is 3.09. The molecule has 0 saturated heterocycles. The minimum Gasteiger partial charge on any atom is -0.154 e. The lowest BCUT2D eigenvalue weighted by atomic mass is 10.3. The van der Waals surface area contributed by atoms with Crippen LogP contribution in [0.5, 0.6) is 0 Å². The first-order valence-corrected chi connectivity index (χ1v) is 4.31. The van der Waals surface area contributed by atoms with Gasteiger partial charge in [-0.3, -0.25) is 0 Å². The average Bonchev–Trinajstić information content (AvgIpc) is 1.83. The van der Waals surface area contributed by atoms with Gasteiger partial charge in [0.05, 0.1) is 0 Å². The summed E-state index contributed by atoms with van der Waals surface area (Å²) in [5, 5.41) is 1.63. The Hall–Kier alpha value is 0.350. The third-order valence-electron chi connectivity index (χ3n) is 1.14. The normalized spacial score (nSPS) is 10.5. The Morgan fingerprint density at radius 2 is 1.62 bits per heavy atom. The lowest BCUT2D eigenvalue weighted by Gasteiger charge is -2.07. The Morgan fingerprint density at radius 1 is 1.12 bits per heavy atom. The van der Waals surface area contributed by atoms with Crippen LogP contribution < -0.4 is 0 Å². The van der Waals surface area contributed by atoms with Crippen LogP contribution in [0, 0.1) is 5.25 Å². The van der Waals surface area contributed by atoms with Gasteiger partial charge in [-0.1, -0.05) is 20.8 Å². The topological polar surface area (TPSA) is 0 Å². The van der Waals surface area contributed by atoms with Crippen LogP contribution >= 0.6 is 11.8 Å². The summed E-state index contributed by atoms with van der Waals surface area (Å²) in [7, 11) is 0. The summed E-state index contributed by atoms with van der Waals surface area (Å²) in [4.78, 5) is 0. The molecule has 0 heterocycles. The van der Waals surface area contributed by atoms with Gasteiger partial charge in [0.15, 0.2) is 0 Å². The zero-order valence-electron chi connectivity index (χ0n) is 6.03. The van der Waals surface area contributed by atoms with E-state index in [0.717, 1.165) is 0 Å². The van der Waals surface area contributed by atoms with Crippen LogP contribution in [0.1, 0.15) is 33.6 Å². The molecular weight excluding hydrogens is 116 g/mol. The molecule has 0 atom stereocenters. The number of rotatable bonds is 4. The molecule has 0 aliphatic carbocycles. The van der Waals surface area contributed by atoms with Crippen molar-refractivity contribution in [3.8, 4) is 0 Å². The summed E-state index contributed by atoms with van der Waals surface area (Å²) < 4.78 is 0. The van der Waals surface area contributed by atoms with Gasteiger partial charge in [-0.15, -0.1) is 0 Å². The number of thioether (sulfide) groups is 1. The van der Waals surface area contributed by atoms with Gasteiger partial charge in [-0.05, 0) is 18.6 Å². The Morgan fingerprint density at radius 3 is 1.75 bits per heavy atom. The molecule has 0 saturated carbocycles. The summed E-state index contributed by atoms with van der Waals surface area (Å²) in [6.07, 6.45) is 2.49. The minimum absolute atomic E-state index is 1.23. The molecule has 0 amide bonds.